The lowest BCUT2D eigenvalue weighted by Gasteiger charge is -2.14. The number of hydrogen-bond donors (Lipinski definition) is 2. The Kier molecular flexibility index (Phi) is 6.63. The first-order valence-electron chi connectivity index (χ1n) is 5.52. The Morgan fingerprint density at radius 1 is 1.60 bits per heavy atom. The maximum Gasteiger partial charge on any atom is 0.166 e. The summed E-state index contributed by atoms with van der Waals surface area (Å²) in [6.07, 6.45) is 2.03. The minimum Gasteiger partial charge on any atom is -0.382 e. The van der Waals surface area contributed by atoms with Gasteiger partial charge in [0.25, 0.3) is 0 Å². The van der Waals surface area contributed by atoms with Crippen LogP contribution in [-0.4, -0.2) is 44.1 Å². The number of nitrogens with one attached hydrogen (secondary N) is 2. The van der Waals surface area contributed by atoms with Crippen LogP contribution in [-0.2, 0) is 9.47 Å². The highest BCUT2D eigenvalue weighted by molar-refractivity contribution is 7.80. The predicted molar refractivity (Wildman–Crippen MR) is 64.1 cm³/mol. The van der Waals surface area contributed by atoms with Crippen molar-refractivity contribution in [1.29, 1.82) is 0 Å². The maximum absolute atomic E-state index is 5.25. The summed E-state index contributed by atoms with van der Waals surface area (Å²) < 4.78 is 10.5. The number of rotatable bonds is 6. The molecule has 1 aliphatic heterocycles. The van der Waals surface area contributed by atoms with Crippen LogP contribution in [0.1, 0.15) is 19.8 Å². The molecule has 0 saturated carbocycles. The molecule has 1 saturated heterocycles. The van der Waals surface area contributed by atoms with Gasteiger partial charge in [-0.25, -0.2) is 0 Å². The molecule has 1 unspecified atom stereocenters. The molecule has 15 heavy (non-hydrogen) atoms. The van der Waals surface area contributed by atoms with Crippen molar-refractivity contribution in [3.05, 3.63) is 0 Å². The van der Waals surface area contributed by atoms with E-state index >= 15 is 0 Å². The van der Waals surface area contributed by atoms with Crippen LogP contribution in [0.2, 0.25) is 0 Å². The van der Waals surface area contributed by atoms with Gasteiger partial charge in [0.2, 0.25) is 0 Å². The zero-order valence-corrected chi connectivity index (χ0v) is 10.1. The van der Waals surface area contributed by atoms with E-state index in [1.165, 1.54) is 0 Å². The zero-order valence-electron chi connectivity index (χ0n) is 9.25. The van der Waals surface area contributed by atoms with Crippen LogP contribution in [0, 0.1) is 0 Å². The Bertz CT molecular complexity index is 184. The molecule has 0 aromatic rings. The summed E-state index contributed by atoms with van der Waals surface area (Å²) in [5, 5.41) is 7.10. The smallest absolute Gasteiger partial charge is 0.166 e. The summed E-state index contributed by atoms with van der Waals surface area (Å²) >= 11 is 5.15. The van der Waals surface area contributed by atoms with Crippen molar-refractivity contribution >= 4 is 17.3 Å². The van der Waals surface area contributed by atoms with E-state index in [1.54, 1.807) is 0 Å². The molecule has 1 rings (SSSR count). The van der Waals surface area contributed by atoms with Crippen LogP contribution in [0.3, 0.4) is 0 Å². The minimum absolute atomic E-state index is 0.386. The molecule has 2 N–H and O–H groups in total. The summed E-state index contributed by atoms with van der Waals surface area (Å²) in [5.41, 5.74) is 0. The highest BCUT2D eigenvalue weighted by Gasteiger charge is 2.15. The van der Waals surface area contributed by atoms with Crippen LogP contribution in [0.4, 0.5) is 0 Å². The Labute approximate surface area is 96.7 Å². The van der Waals surface area contributed by atoms with Crippen molar-refractivity contribution in [3.8, 4) is 0 Å². The van der Waals surface area contributed by atoms with E-state index in [9.17, 15) is 0 Å². The molecule has 0 spiro atoms. The minimum atomic E-state index is 0.386. The first kappa shape index (κ1) is 12.7. The first-order chi connectivity index (χ1) is 7.33. The molecule has 0 aliphatic carbocycles. The molecule has 0 amide bonds. The van der Waals surface area contributed by atoms with Crippen molar-refractivity contribution in [2.45, 2.75) is 25.8 Å². The zero-order chi connectivity index (χ0) is 10.9. The van der Waals surface area contributed by atoms with Crippen LogP contribution in [0.25, 0.3) is 0 Å². The number of hydrogen-bond acceptors (Lipinski definition) is 3. The van der Waals surface area contributed by atoms with Gasteiger partial charge >= 0.3 is 0 Å². The average Bonchev–Trinajstić information content (AvgIpc) is 2.70. The second-order valence-electron chi connectivity index (χ2n) is 3.51. The summed E-state index contributed by atoms with van der Waals surface area (Å²) in [6.45, 7) is 6.03. The van der Waals surface area contributed by atoms with Crippen molar-refractivity contribution in [3.63, 3.8) is 0 Å². The molecule has 0 aromatic carbocycles. The molecule has 5 heteroatoms. The van der Waals surface area contributed by atoms with E-state index in [1.807, 2.05) is 6.92 Å². The highest BCUT2D eigenvalue weighted by Crippen LogP contribution is 2.02. The fraction of sp³-hybridized carbons (Fsp3) is 0.900. The molecule has 1 fully saturated rings. The summed E-state index contributed by atoms with van der Waals surface area (Å²) in [7, 11) is 0. The van der Waals surface area contributed by atoms with Gasteiger partial charge in [-0.15, -0.1) is 0 Å². The Morgan fingerprint density at radius 2 is 2.47 bits per heavy atom. The van der Waals surface area contributed by atoms with Crippen LogP contribution in [0.15, 0.2) is 0 Å². The van der Waals surface area contributed by atoms with Gasteiger partial charge < -0.3 is 20.1 Å². The fourth-order valence-corrected chi connectivity index (χ4v) is 1.67. The molecule has 0 radical (unpaired) electrons. The third-order valence-corrected chi connectivity index (χ3v) is 2.48. The lowest BCUT2D eigenvalue weighted by Crippen LogP contribution is -2.42. The Balaban J connectivity index is 1.93. The number of thiocarbonyl (C=S) groups is 1. The lowest BCUT2D eigenvalue weighted by atomic mass is 10.3. The third kappa shape index (κ3) is 5.92. The highest BCUT2D eigenvalue weighted by atomic mass is 32.1. The third-order valence-electron chi connectivity index (χ3n) is 2.22. The maximum atomic E-state index is 5.25. The second-order valence-corrected chi connectivity index (χ2v) is 3.92. The summed E-state index contributed by atoms with van der Waals surface area (Å²) in [6, 6.07) is 0.386. The van der Waals surface area contributed by atoms with E-state index in [2.05, 4.69) is 10.6 Å². The first-order valence-corrected chi connectivity index (χ1v) is 5.93. The van der Waals surface area contributed by atoms with Crippen molar-refractivity contribution in [2.75, 3.05) is 33.0 Å². The monoisotopic (exact) mass is 232 g/mol. The summed E-state index contributed by atoms with van der Waals surface area (Å²) in [4.78, 5) is 0. The molecule has 0 aromatic heterocycles. The normalized spacial score (nSPS) is 20.2. The fourth-order valence-electron chi connectivity index (χ4n) is 1.41. The molecular weight excluding hydrogens is 212 g/mol. The molecule has 1 atom stereocenters. The van der Waals surface area contributed by atoms with E-state index in [4.69, 9.17) is 21.7 Å². The predicted octanol–water partition coefficient (Wildman–Crippen LogP) is 0.666. The largest absolute Gasteiger partial charge is 0.382 e. The van der Waals surface area contributed by atoms with Crippen LogP contribution < -0.4 is 10.6 Å². The molecule has 88 valence electrons. The lowest BCUT2D eigenvalue weighted by molar-refractivity contribution is 0.145. The van der Waals surface area contributed by atoms with Gasteiger partial charge in [-0.05, 0) is 32.0 Å². The Hall–Kier alpha value is -0.390. The van der Waals surface area contributed by atoms with E-state index in [0.717, 1.165) is 50.9 Å². The van der Waals surface area contributed by atoms with E-state index < -0.39 is 0 Å². The van der Waals surface area contributed by atoms with Crippen LogP contribution >= 0.6 is 12.2 Å². The average molecular weight is 232 g/mol. The van der Waals surface area contributed by atoms with Gasteiger partial charge in [-0.2, -0.15) is 0 Å². The van der Waals surface area contributed by atoms with Gasteiger partial charge in [0.15, 0.2) is 5.11 Å². The Morgan fingerprint density at radius 3 is 3.13 bits per heavy atom. The quantitative estimate of drug-likeness (QED) is 0.520. The molecule has 1 heterocycles. The molecule has 4 nitrogen and oxygen atoms in total. The molecule has 0 bridgehead atoms. The van der Waals surface area contributed by atoms with Crippen LogP contribution in [0.5, 0.6) is 0 Å². The summed E-state index contributed by atoms with van der Waals surface area (Å²) in [5.74, 6) is 0. The van der Waals surface area contributed by atoms with Crippen molar-refractivity contribution in [1.82, 2.24) is 10.6 Å². The standard InChI is InChI=1S/C10H20N2O2S/c1-2-13-6-3-5-11-10(15)12-9-4-7-14-8-9/h9H,2-8H2,1H3,(H2,11,12,15). The van der Waals surface area contributed by atoms with E-state index in [0.29, 0.717) is 6.04 Å². The molecular formula is C10H20N2O2S. The number of ether oxygens (including phenoxy) is 2. The van der Waals surface area contributed by atoms with Gasteiger partial charge in [0.1, 0.15) is 0 Å². The SMILES string of the molecule is CCOCCCNC(=S)NC1CCOC1. The topological polar surface area (TPSA) is 42.5 Å². The van der Waals surface area contributed by atoms with Gasteiger partial charge in [-0.3, -0.25) is 0 Å². The van der Waals surface area contributed by atoms with Gasteiger partial charge in [0.05, 0.1) is 12.6 Å². The van der Waals surface area contributed by atoms with Crippen molar-refractivity contribution < 1.29 is 9.47 Å². The molecule has 1 aliphatic rings. The van der Waals surface area contributed by atoms with Crippen molar-refractivity contribution in [2.24, 2.45) is 0 Å². The van der Waals surface area contributed by atoms with E-state index in [-0.39, 0.29) is 0 Å². The second kappa shape index (κ2) is 7.84. The van der Waals surface area contributed by atoms with Gasteiger partial charge in [0, 0.05) is 26.4 Å². The van der Waals surface area contributed by atoms with Gasteiger partial charge in [-0.1, -0.05) is 0 Å².